The molecule has 2 aromatic heterocycles. The Balaban J connectivity index is 0.000000316. The van der Waals surface area contributed by atoms with Crippen LogP contribution in [-0.4, -0.2) is 109 Å². The van der Waals surface area contributed by atoms with E-state index in [2.05, 4.69) is 15.3 Å². The van der Waals surface area contributed by atoms with Crippen molar-refractivity contribution in [3.8, 4) is 0 Å². The largest absolute Gasteiger partial charge is 0.450 e. The maximum absolute atomic E-state index is 11.7. The molecular formula is C32H49ClN8O8. The molecule has 0 atom stereocenters. The van der Waals surface area contributed by atoms with Crippen LogP contribution in [0.5, 0.6) is 0 Å². The molecule has 0 saturated carbocycles. The Morgan fingerprint density at radius 1 is 0.816 bits per heavy atom. The first kappa shape index (κ1) is 40.9. The Bertz CT molecular complexity index is 1380. The fourth-order valence-corrected chi connectivity index (χ4v) is 5.61. The van der Waals surface area contributed by atoms with E-state index in [1.54, 1.807) is 29.7 Å². The number of piperidine rings is 2. The number of likely N-dealkylation sites (tertiary alicyclic amines) is 2. The third-order valence-electron chi connectivity index (χ3n) is 7.95. The minimum atomic E-state index is -0.438. The highest BCUT2D eigenvalue weighted by Gasteiger charge is 2.28. The summed E-state index contributed by atoms with van der Waals surface area (Å²) < 4.78 is 9.98. The SMILES string of the molecule is CCOC(=O)N1CCC(Cc2nc(Cl)ccc2[N+](=O)[O-])CC1.CCOC(=O)N1CCC(Cc2nc(N(C)C)ccc2[N+](=O)[O-])CC1.CNC. The predicted molar refractivity (Wildman–Crippen MR) is 186 cm³/mol. The van der Waals surface area contributed by atoms with Gasteiger partial charge in [-0.2, -0.15) is 0 Å². The topological polar surface area (TPSA) is 186 Å². The number of halogens is 1. The van der Waals surface area contributed by atoms with Crippen LogP contribution in [0.1, 0.15) is 50.9 Å². The molecule has 0 aromatic carbocycles. The lowest BCUT2D eigenvalue weighted by molar-refractivity contribution is -0.386. The van der Waals surface area contributed by atoms with Gasteiger partial charge in [-0.05, 0) is 90.4 Å². The number of pyridine rings is 2. The van der Waals surface area contributed by atoms with Crippen molar-refractivity contribution in [1.29, 1.82) is 0 Å². The summed E-state index contributed by atoms with van der Waals surface area (Å²) in [6.07, 6.45) is 3.59. The molecule has 2 saturated heterocycles. The minimum absolute atomic E-state index is 0.00257. The molecule has 2 fully saturated rings. The van der Waals surface area contributed by atoms with Crippen LogP contribution in [0.4, 0.5) is 26.8 Å². The van der Waals surface area contributed by atoms with E-state index in [1.165, 1.54) is 18.2 Å². The maximum atomic E-state index is 11.7. The van der Waals surface area contributed by atoms with Crippen molar-refractivity contribution < 1.29 is 28.9 Å². The van der Waals surface area contributed by atoms with Gasteiger partial charge in [0.05, 0.1) is 23.1 Å². The Labute approximate surface area is 292 Å². The number of rotatable bonds is 9. The smallest absolute Gasteiger partial charge is 0.409 e. The highest BCUT2D eigenvalue weighted by Crippen LogP contribution is 2.29. The van der Waals surface area contributed by atoms with Crippen LogP contribution in [0.3, 0.4) is 0 Å². The van der Waals surface area contributed by atoms with Crippen molar-refractivity contribution in [3.05, 3.63) is 61.0 Å². The summed E-state index contributed by atoms with van der Waals surface area (Å²) in [6.45, 7) is 6.70. The lowest BCUT2D eigenvalue weighted by atomic mass is 9.91. The zero-order valence-electron chi connectivity index (χ0n) is 29.2. The van der Waals surface area contributed by atoms with Crippen molar-refractivity contribution in [1.82, 2.24) is 25.1 Å². The van der Waals surface area contributed by atoms with E-state index in [0.29, 0.717) is 69.4 Å². The van der Waals surface area contributed by atoms with E-state index < -0.39 is 4.92 Å². The second kappa shape index (κ2) is 20.9. The average Bonchev–Trinajstić information content (AvgIpc) is 3.06. The second-order valence-electron chi connectivity index (χ2n) is 11.8. The number of nitro groups is 2. The summed E-state index contributed by atoms with van der Waals surface area (Å²) in [4.78, 5) is 58.6. The quantitative estimate of drug-likeness (QED) is 0.200. The molecule has 49 heavy (non-hydrogen) atoms. The molecule has 2 aromatic rings. The maximum Gasteiger partial charge on any atom is 0.409 e. The molecule has 0 aliphatic carbocycles. The number of anilines is 1. The van der Waals surface area contributed by atoms with Gasteiger partial charge >= 0.3 is 12.2 Å². The Hall–Kier alpha value is -4.31. The van der Waals surface area contributed by atoms with Gasteiger partial charge in [-0.15, -0.1) is 0 Å². The highest BCUT2D eigenvalue weighted by atomic mass is 35.5. The standard InChI is InChI=1S/C16H24N4O4.C14H18ClN3O4.C2H7N/c1-4-24-16(21)19-9-7-12(8-10-19)11-13-14(20(22)23)5-6-15(17-13)18(2)3;1-2-22-14(19)17-7-5-10(6-8-17)9-11-12(18(20)21)3-4-13(15)16-11;1-3-2/h5-6,12H,4,7-11H2,1-3H3;3-4,10H,2,5-9H2,1H3;3H,1-2H3. The molecule has 0 spiro atoms. The van der Waals surface area contributed by atoms with Crippen LogP contribution in [-0.2, 0) is 22.3 Å². The number of nitrogens with one attached hydrogen (secondary N) is 1. The van der Waals surface area contributed by atoms with Crippen molar-refractivity contribution in [2.45, 2.75) is 52.4 Å². The van der Waals surface area contributed by atoms with Crippen molar-refractivity contribution >= 4 is 41.0 Å². The van der Waals surface area contributed by atoms with Gasteiger partial charge in [-0.25, -0.2) is 19.6 Å². The zero-order chi connectivity index (χ0) is 36.5. The highest BCUT2D eigenvalue weighted by molar-refractivity contribution is 6.29. The first-order valence-electron chi connectivity index (χ1n) is 16.4. The first-order chi connectivity index (χ1) is 23.3. The molecule has 17 heteroatoms. The van der Waals surface area contributed by atoms with E-state index >= 15 is 0 Å². The van der Waals surface area contributed by atoms with Crippen LogP contribution in [0.25, 0.3) is 0 Å². The summed E-state index contributed by atoms with van der Waals surface area (Å²) in [5.74, 6) is 1.23. The third kappa shape index (κ3) is 13.3. The Morgan fingerprint density at radius 3 is 1.57 bits per heavy atom. The van der Waals surface area contributed by atoms with E-state index in [9.17, 15) is 29.8 Å². The van der Waals surface area contributed by atoms with Gasteiger partial charge in [0.25, 0.3) is 11.4 Å². The molecule has 0 radical (unpaired) electrons. The Kier molecular flexibility index (Phi) is 17.4. The number of hydrogen-bond donors (Lipinski definition) is 1. The van der Waals surface area contributed by atoms with Crippen molar-refractivity contribution in [2.24, 2.45) is 11.8 Å². The van der Waals surface area contributed by atoms with Crippen LogP contribution in [0.2, 0.25) is 5.15 Å². The third-order valence-corrected chi connectivity index (χ3v) is 8.16. The number of hydrogen-bond acceptors (Lipinski definition) is 12. The molecule has 272 valence electrons. The summed E-state index contributed by atoms with van der Waals surface area (Å²) in [5.41, 5.74) is 0.985. The van der Waals surface area contributed by atoms with Gasteiger partial charge in [-0.1, -0.05) is 11.6 Å². The van der Waals surface area contributed by atoms with E-state index in [1.807, 2.05) is 33.1 Å². The van der Waals surface area contributed by atoms with Crippen LogP contribution in [0.15, 0.2) is 24.3 Å². The number of carbonyl (C=O) groups is 2. The molecule has 0 unspecified atom stereocenters. The lowest BCUT2D eigenvalue weighted by Crippen LogP contribution is -2.39. The normalized spacial score (nSPS) is 14.8. The van der Waals surface area contributed by atoms with Gasteiger partial charge < -0.3 is 29.5 Å². The molecule has 2 aliphatic rings. The van der Waals surface area contributed by atoms with Crippen LogP contribution >= 0.6 is 11.6 Å². The number of carbonyl (C=O) groups excluding carboxylic acids is 2. The molecule has 1 N–H and O–H groups in total. The monoisotopic (exact) mass is 708 g/mol. The second-order valence-corrected chi connectivity index (χ2v) is 12.2. The van der Waals surface area contributed by atoms with Crippen molar-refractivity contribution in [3.63, 3.8) is 0 Å². The van der Waals surface area contributed by atoms with E-state index in [-0.39, 0.29) is 45.5 Å². The lowest BCUT2D eigenvalue weighted by Gasteiger charge is -2.31. The molecule has 2 amide bonds. The molecule has 2 aliphatic heterocycles. The van der Waals surface area contributed by atoms with E-state index in [4.69, 9.17) is 21.1 Å². The molecule has 4 heterocycles. The molecular weight excluding hydrogens is 660 g/mol. The van der Waals surface area contributed by atoms with Crippen LogP contribution < -0.4 is 10.2 Å². The van der Waals surface area contributed by atoms with Gasteiger partial charge in [0, 0.05) is 52.4 Å². The van der Waals surface area contributed by atoms with Gasteiger partial charge in [0.1, 0.15) is 22.4 Å². The van der Waals surface area contributed by atoms with Gasteiger partial charge in [-0.3, -0.25) is 20.2 Å². The molecule has 16 nitrogen and oxygen atoms in total. The number of nitrogens with zero attached hydrogens (tertiary/aromatic N) is 7. The van der Waals surface area contributed by atoms with Gasteiger partial charge in [0.2, 0.25) is 0 Å². The number of ether oxygens (including phenoxy) is 2. The fraction of sp³-hybridized carbons (Fsp3) is 0.625. The fourth-order valence-electron chi connectivity index (χ4n) is 5.45. The Morgan fingerprint density at radius 2 is 1.20 bits per heavy atom. The van der Waals surface area contributed by atoms with Crippen LogP contribution in [0, 0.1) is 32.1 Å². The summed E-state index contributed by atoms with van der Waals surface area (Å²) in [7, 11) is 7.46. The number of amides is 2. The molecule has 4 rings (SSSR count). The van der Waals surface area contributed by atoms with Crippen molar-refractivity contribution in [2.75, 3.05) is 72.5 Å². The first-order valence-corrected chi connectivity index (χ1v) is 16.8. The average molecular weight is 709 g/mol. The predicted octanol–water partition coefficient (Wildman–Crippen LogP) is 5.36. The minimum Gasteiger partial charge on any atom is -0.450 e. The van der Waals surface area contributed by atoms with E-state index in [0.717, 1.165) is 25.7 Å². The zero-order valence-corrected chi connectivity index (χ0v) is 30.0. The summed E-state index contributed by atoms with van der Waals surface area (Å²) >= 11 is 5.84. The van der Waals surface area contributed by atoms with Gasteiger partial charge in [0.15, 0.2) is 0 Å². The molecule has 0 bridgehead atoms. The summed E-state index contributed by atoms with van der Waals surface area (Å²) in [5, 5.41) is 25.3. The summed E-state index contributed by atoms with van der Waals surface area (Å²) in [6, 6.07) is 5.99. The number of aromatic nitrogens is 2.